The van der Waals surface area contributed by atoms with Gasteiger partial charge in [-0.05, 0) is 12.8 Å². The number of aliphatic carboxylic acids is 1. The molecule has 0 aromatic heterocycles. The summed E-state index contributed by atoms with van der Waals surface area (Å²) in [4.78, 5) is 24.4. The van der Waals surface area contributed by atoms with Crippen molar-refractivity contribution in [1.29, 1.82) is 0 Å². The van der Waals surface area contributed by atoms with Crippen molar-refractivity contribution in [2.24, 2.45) is 5.92 Å². The highest BCUT2D eigenvalue weighted by Gasteiger charge is 2.27. The number of carbonyl (C=O) groups is 2. The molecule has 0 rings (SSSR count). The Labute approximate surface area is 113 Å². The fourth-order valence-corrected chi connectivity index (χ4v) is 1.53. The van der Waals surface area contributed by atoms with Gasteiger partial charge in [-0.15, -0.1) is 0 Å². The van der Waals surface area contributed by atoms with Crippen LogP contribution in [0.2, 0.25) is 0 Å². The third kappa shape index (κ3) is 6.97. The number of hydrogen-bond donors (Lipinski definition) is 3. The van der Waals surface area contributed by atoms with Crippen LogP contribution in [0, 0.1) is 5.92 Å². The van der Waals surface area contributed by atoms with Gasteiger partial charge in [-0.3, -0.25) is 0 Å². The Kier molecular flexibility index (Phi) is 8.09. The molecule has 2 amide bonds. The van der Waals surface area contributed by atoms with Crippen LogP contribution in [0.15, 0.2) is 0 Å². The Bertz CT molecular complexity index is 294. The van der Waals surface area contributed by atoms with Gasteiger partial charge in [0.15, 0.2) is 6.04 Å². The van der Waals surface area contributed by atoms with E-state index in [-0.39, 0.29) is 5.92 Å². The molecule has 0 aliphatic carbocycles. The predicted octanol–water partition coefficient (Wildman–Crippen LogP) is 0.134. The molecule has 112 valence electrons. The third-order valence-corrected chi connectivity index (χ3v) is 2.47. The monoisotopic (exact) mass is 276 g/mol. The first-order chi connectivity index (χ1) is 8.79. The van der Waals surface area contributed by atoms with Crippen LogP contribution >= 0.6 is 0 Å². The standard InChI is InChI=1S/C12H24N2O5/c1-8(2)7-14(5-6-19-4)12(18)13-10(9(3)15)11(16)17/h8-10,15H,5-7H2,1-4H3,(H,13,18)(H,16,17)/t9-,10+/m1/s1. The summed E-state index contributed by atoms with van der Waals surface area (Å²) in [6, 6.07) is -1.83. The van der Waals surface area contributed by atoms with Gasteiger partial charge in [0.25, 0.3) is 0 Å². The van der Waals surface area contributed by atoms with Gasteiger partial charge in [-0.2, -0.15) is 0 Å². The van der Waals surface area contributed by atoms with Gasteiger partial charge in [0, 0.05) is 20.2 Å². The predicted molar refractivity (Wildman–Crippen MR) is 69.9 cm³/mol. The largest absolute Gasteiger partial charge is 0.480 e. The van der Waals surface area contributed by atoms with Crippen molar-refractivity contribution in [2.45, 2.75) is 32.9 Å². The van der Waals surface area contributed by atoms with Gasteiger partial charge in [0.2, 0.25) is 0 Å². The zero-order chi connectivity index (χ0) is 15.0. The molecule has 0 saturated heterocycles. The molecule has 0 aromatic rings. The summed E-state index contributed by atoms with van der Waals surface area (Å²) in [5.74, 6) is -1.02. The zero-order valence-electron chi connectivity index (χ0n) is 11.9. The number of hydrogen-bond acceptors (Lipinski definition) is 4. The van der Waals surface area contributed by atoms with Crippen LogP contribution in [0.3, 0.4) is 0 Å². The van der Waals surface area contributed by atoms with Crippen molar-refractivity contribution >= 4 is 12.0 Å². The fraction of sp³-hybridized carbons (Fsp3) is 0.833. The van der Waals surface area contributed by atoms with E-state index in [1.54, 1.807) is 0 Å². The van der Waals surface area contributed by atoms with Crippen molar-refractivity contribution in [1.82, 2.24) is 10.2 Å². The second-order valence-electron chi connectivity index (χ2n) is 4.84. The minimum absolute atomic E-state index is 0.248. The molecule has 19 heavy (non-hydrogen) atoms. The van der Waals surface area contributed by atoms with Crippen LogP contribution in [0.25, 0.3) is 0 Å². The number of carboxylic acids is 1. The van der Waals surface area contributed by atoms with E-state index in [0.29, 0.717) is 19.7 Å². The van der Waals surface area contributed by atoms with Crippen molar-refractivity contribution in [3.05, 3.63) is 0 Å². The molecular formula is C12H24N2O5. The van der Waals surface area contributed by atoms with Crippen molar-refractivity contribution in [3.63, 3.8) is 0 Å². The summed E-state index contributed by atoms with van der Waals surface area (Å²) in [5, 5.41) is 20.6. The van der Waals surface area contributed by atoms with Crippen LogP contribution < -0.4 is 5.32 Å². The molecular weight excluding hydrogens is 252 g/mol. The number of aliphatic hydroxyl groups excluding tert-OH is 1. The van der Waals surface area contributed by atoms with E-state index < -0.39 is 24.1 Å². The van der Waals surface area contributed by atoms with E-state index in [0.717, 1.165) is 0 Å². The summed E-state index contributed by atoms with van der Waals surface area (Å²) in [7, 11) is 1.53. The molecule has 7 heteroatoms. The molecule has 2 atom stereocenters. The summed E-state index contributed by atoms with van der Waals surface area (Å²) in [6.07, 6.45) is -1.16. The Morgan fingerprint density at radius 1 is 1.32 bits per heavy atom. The fourth-order valence-electron chi connectivity index (χ4n) is 1.53. The first-order valence-corrected chi connectivity index (χ1v) is 6.24. The van der Waals surface area contributed by atoms with Crippen LogP contribution in [-0.2, 0) is 9.53 Å². The SMILES string of the molecule is COCCN(CC(C)C)C(=O)N[C@H](C(=O)O)[C@@H](C)O. The highest BCUT2D eigenvalue weighted by Crippen LogP contribution is 2.01. The number of carbonyl (C=O) groups excluding carboxylic acids is 1. The summed E-state index contributed by atoms with van der Waals surface area (Å²) in [5.41, 5.74) is 0. The van der Waals surface area contributed by atoms with Gasteiger partial charge >= 0.3 is 12.0 Å². The summed E-state index contributed by atoms with van der Waals surface area (Å²) in [6.45, 7) is 6.45. The molecule has 0 aliphatic heterocycles. The molecule has 0 saturated carbocycles. The molecule has 0 bridgehead atoms. The van der Waals surface area contributed by atoms with E-state index in [1.807, 2.05) is 13.8 Å². The lowest BCUT2D eigenvalue weighted by molar-refractivity contribution is -0.141. The number of carboxylic acid groups (broad SMARTS) is 1. The number of nitrogens with zero attached hydrogens (tertiary/aromatic N) is 1. The van der Waals surface area contributed by atoms with E-state index in [1.165, 1.54) is 18.9 Å². The topological polar surface area (TPSA) is 99.1 Å². The number of aliphatic hydroxyl groups is 1. The van der Waals surface area contributed by atoms with E-state index in [9.17, 15) is 14.7 Å². The Morgan fingerprint density at radius 2 is 1.89 bits per heavy atom. The molecule has 0 heterocycles. The lowest BCUT2D eigenvalue weighted by Gasteiger charge is -2.27. The van der Waals surface area contributed by atoms with Crippen LogP contribution in [0.5, 0.6) is 0 Å². The van der Waals surface area contributed by atoms with E-state index in [2.05, 4.69) is 5.32 Å². The average molecular weight is 276 g/mol. The van der Waals surface area contributed by atoms with Gasteiger partial charge < -0.3 is 25.2 Å². The first-order valence-electron chi connectivity index (χ1n) is 6.24. The number of nitrogens with one attached hydrogen (secondary N) is 1. The van der Waals surface area contributed by atoms with Crippen molar-refractivity contribution in [3.8, 4) is 0 Å². The zero-order valence-corrected chi connectivity index (χ0v) is 11.9. The number of methoxy groups -OCH3 is 1. The molecule has 0 radical (unpaired) electrons. The Morgan fingerprint density at radius 3 is 2.26 bits per heavy atom. The maximum Gasteiger partial charge on any atom is 0.328 e. The van der Waals surface area contributed by atoms with Crippen LogP contribution in [0.1, 0.15) is 20.8 Å². The van der Waals surface area contributed by atoms with Gasteiger partial charge in [0.05, 0.1) is 12.7 Å². The number of rotatable bonds is 8. The molecule has 3 N–H and O–H groups in total. The van der Waals surface area contributed by atoms with Crippen LogP contribution in [-0.4, -0.2) is 66.1 Å². The lowest BCUT2D eigenvalue weighted by Crippen LogP contribution is -2.53. The minimum atomic E-state index is -1.32. The average Bonchev–Trinajstić information content (AvgIpc) is 2.29. The molecule has 0 fully saturated rings. The van der Waals surface area contributed by atoms with Crippen molar-refractivity contribution in [2.75, 3.05) is 26.8 Å². The van der Waals surface area contributed by atoms with Gasteiger partial charge in [-0.1, -0.05) is 13.8 Å². The maximum atomic E-state index is 12.0. The molecule has 0 aromatic carbocycles. The summed E-state index contributed by atoms with van der Waals surface area (Å²) < 4.78 is 4.92. The van der Waals surface area contributed by atoms with E-state index in [4.69, 9.17) is 9.84 Å². The molecule has 0 unspecified atom stereocenters. The quantitative estimate of drug-likeness (QED) is 0.585. The smallest absolute Gasteiger partial charge is 0.328 e. The number of amides is 2. The second kappa shape index (κ2) is 8.71. The highest BCUT2D eigenvalue weighted by atomic mass is 16.5. The molecule has 0 spiro atoms. The van der Waals surface area contributed by atoms with Crippen molar-refractivity contribution < 1.29 is 24.5 Å². The van der Waals surface area contributed by atoms with Crippen LogP contribution in [0.4, 0.5) is 4.79 Å². The highest BCUT2D eigenvalue weighted by molar-refractivity contribution is 5.83. The lowest BCUT2D eigenvalue weighted by atomic mass is 10.2. The number of urea groups is 1. The Hall–Kier alpha value is -1.34. The summed E-state index contributed by atoms with van der Waals surface area (Å²) >= 11 is 0. The first kappa shape index (κ1) is 17.7. The normalized spacial score (nSPS) is 14.0. The maximum absolute atomic E-state index is 12.0. The third-order valence-electron chi connectivity index (χ3n) is 2.47. The van der Waals surface area contributed by atoms with E-state index >= 15 is 0 Å². The number of ether oxygens (including phenoxy) is 1. The minimum Gasteiger partial charge on any atom is -0.480 e. The molecule has 0 aliphatic rings. The van der Waals surface area contributed by atoms with Gasteiger partial charge in [-0.25, -0.2) is 9.59 Å². The second-order valence-corrected chi connectivity index (χ2v) is 4.84. The van der Waals surface area contributed by atoms with Gasteiger partial charge in [0.1, 0.15) is 0 Å². The molecule has 7 nitrogen and oxygen atoms in total. The Balaban J connectivity index is 4.64.